The highest BCUT2D eigenvalue weighted by atomic mass is 28.4. The molecule has 0 spiro atoms. The van der Waals surface area contributed by atoms with Crippen molar-refractivity contribution < 1.29 is 13.3 Å². The second-order valence-electron chi connectivity index (χ2n) is 4.96. The zero-order valence-electron chi connectivity index (χ0n) is 13.7. The fourth-order valence-electron chi connectivity index (χ4n) is 2.30. The van der Waals surface area contributed by atoms with Gasteiger partial charge in [0, 0.05) is 25.4 Å². The molecular formula is C14H34N2O3Si. The normalized spacial score (nSPS) is 15.3. The van der Waals surface area contributed by atoms with Gasteiger partial charge in [-0.3, -0.25) is 0 Å². The first kappa shape index (κ1) is 20.0. The van der Waals surface area contributed by atoms with Crippen LogP contribution in [0.5, 0.6) is 0 Å². The SMILES string of the molecule is CCO[Si](OCC)(OCCC(CC)CN)C(CC)CN. The quantitative estimate of drug-likeness (QED) is 0.510. The molecule has 0 bridgehead atoms. The van der Waals surface area contributed by atoms with Crippen molar-refractivity contribution in [2.45, 2.75) is 52.5 Å². The van der Waals surface area contributed by atoms with Crippen molar-refractivity contribution in [1.29, 1.82) is 0 Å². The molecule has 0 aliphatic rings. The third-order valence-corrected chi connectivity index (χ3v) is 7.34. The molecule has 0 rings (SSSR count). The Kier molecular flexibility index (Phi) is 11.7. The molecule has 0 aromatic rings. The molecule has 0 saturated heterocycles. The summed E-state index contributed by atoms with van der Waals surface area (Å²) >= 11 is 0. The first-order valence-corrected chi connectivity index (χ1v) is 9.76. The molecule has 6 heteroatoms. The highest BCUT2D eigenvalue weighted by Crippen LogP contribution is 2.28. The van der Waals surface area contributed by atoms with E-state index in [-0.39, 0.29) is 5.54 Å². The molecule has 2 unspecified atom stereocenters. The van der Waals surface area contributed by atoms with Crippen LogP contribution in [-0.2, 0) is 13.3 Å². The molecule has 0 aromatic heterocycles. The van der Waals surface area contributed by atoms with Crippen molar-refractivity contribution in [3.05, 3.63) is 0 Å². The summed E-state index contributed by atoms with van der Waals surface area (Å²) in [5.74, 6) is 0.503. The molecule has 0 amide bonds. The molecule has 122 valence electrons. The third-order valence-electron chi connectivity index (χ3n) is 3.71. The van der Waals surface area contributed by atoms with E-state index in [1.165, 1.54) is 0 Å². The minimum absolute atomic E-state index is 0.167. The lowest BCUT2D eigenvalue weighted by atomic mass is 10.0. The van der Waals surface area contributed by atoms with Crippen LogP contribution in [0.2, 0.25) is 5.54 Å². The van der Waals surface area contributed by atoms with Gasteiger partial charge < -0.3 is 24.7 Å². The average Bonchev–Trinajstić information content (AvgIpc) is 2.45. The van der Waals surface area contributed by atoms with Gasteiger partial charge in [0.05, 0.1) is 0 Å². The van der Waals surface area contributed by atoms with Gasteiger partial charge in [-0.2, -0.15) is 0 Å². The Hall–Kier alpha value is 0.0169. The molecule has 0 aromatic carbocycles. The molecule has 0 aliphatic heterocycles. The standard InChI is InChI=1S/C14H34N2O3Si/c1-5-13(11-15)9-10-19-20(17-7-3,18-8-4)14(6-2)12-16/h13-14H,5-12,15-16H2,1-4H3. The summed E-state index contributed by atoms with van der Waals surface area (Å²) in [7, 11) is -2.68. The Morgan fingerprint density at radius 1 is 0.850 bits per heavy atom. The smallest absolute Gasteiger partial charge is 0.374 e. The third kappa shape index (κ3) is 6.20. The van der Waals surface area contributed by atoms with Crippen molar-refractivity contribution in [1.82, 2.24) is 0 Å². The summed E-state index contributed by atoms with van der Waals surface area (Å²) in [5, 5.41) is 0. The number of hydrogen-bond donors (Lipinski definition) is 2. The van der Waals surface area contributed by atoms with Gasteiger partial charge in [-0.25, -0.2) is 0 Å². The van der Waals surface area contributed by atoms with Crippen molar-refractivity contribution in [2.24, 2.45) is 17.4 Å². The number of hydrogen-bond acceptors (Lipinski definition) is 5. The minimum atomic E-state index is -2.68. The molecule has 2 atom stereocenters. The highest BCUT2D eigenvalue weighted by Gasteiger charge is 2.47. The van der Waals surface area contributed by atoms with Crippen LogP contribution in [0.4, 0.5) is 0 Å². The lowest BCUT2D eigenvalue weighted by Crippen LogP contribution is -2.52. The van der Waals surface area contributed by atoms with Crippen molar-refractivity contribution in [3.63, 3.8) is 0 Å². The maximum atomic E-state index is 6.15. The zero-order chi connectivity index (χ0) is 15.4. The average molecular weight is 307 g/mol. The Morgan fingerprint density at radius 2 is 1.45 bits per heavy atom. The molecule has 4 N–H and O–H groups in total. The van der Waals surface area contributed by atoms with Gasteiger partial charge in [0.1, 0.15) is 0 Å². The van der Waals surface area contributed by atoms with Gasteiger partial charge in [0.15, 0.2) is 0 Å². The van der Waals surface area contributed by atoms with Crippen LogP contribution in [0.3, 0.4) is 0 Å². The Bertz CT molecular complexity index is 218. The lowest BCUT2D eigenvalue weighted by Gasteiger charge is -2.35. The molecule has 0 aliphatic carbocycles. The summed E-state index contributed by atoms with van der Waals surface area (Å²) in [5.41, 5.74) is 11.8. The van der Waals surface area contributed by atoms with Gasteiger partial charge in [0.2, 0.25) is 0 Å². The maximum Gasteiger partial charge on any atom is 0.505 e. The van der Waals surface area contributed by atoms with Crippen molar-refractivity contribution in [2.75, 3.05) is 32.9 Å². The number of nitrogens with two attached hydrogens (primary N) is 2. The van der Waals surface area contributed by atoms with E-state index in [0.717, 1.165) is 19.3 Å². The van der Waals surface area contributed by atoms with Gasteiger partial charge in [0.25, 0.3) is 0 Å². The van der Waals surface area contributed by atoms with Gasteiger partial charge in [-0.15, -0.1) is 0 Å². The molecule has 0 heterocycles. The van der Waals surface area contributed by atoms with E-state index in [1.54, 1.807) is 0 Å². The molecule has 5 nitrogen and oxygen atoms in total. The van der Waals surface area contributed by atoms with Crippen LogP contribution >= 0.6 is 0 Å². The van der Waals surface area contributed by atoms with Crippen molar-refractivity contribution >= 4 is 8.80 Å². The monoisotopic (exact) mass is 306 g/mol. The Labute approximate surface area is 125 Å². The summed E-state index contributed by atoms with van der Waals surface area (Å²) in [4.78, 5) is 0. The molecule has 0 saturated carbocycles. The summed E-state index contributed by atoms with van der Waals surface area (Å²) in [6.45, 7) is 11.3. The van der Waals surface area contributed by atoms with E-state index in [4.69, 9.17) is 24.7 Å². The molecule has 0 fully saturated rings. The molecular weight excluding hydrogens is 272 g/mol. The zero-order valence-corrected chi connectivity index (χ0v) is 14.7. The molecule has 0 radical (unpaired) electrons. The van der Waals surface area contributed by atoms with Crippen LogP contribution in [0, 0.1) is 5.92 Å². The fraction of sp³-hybridized carbons (Fsp3) is 1.00. The van der Waals surface area contributed by atoms with Gasteiger partial charge >= 0.3 is 8.80 Å². The number of rotatable bonds is 13. The summed E-state index contributed by atoms with van der Waals surface area (Å²) in [6.07, 6.45) is 2.94. The second kappa shape index (κ2) is 11.7. The van der Waals surface area contributed by atoms with Crippen LogP contribution in [0.1, 0.15) is 47.0 Å². The van der Waals surface area contributed by atoms with E-state index < -0.39 is 8.80 Å². The fourth-order valence-corrected chi connectivity index (χ4v) is 5.25. The van der Waals surface area contributed by atoms with E-state index in [0.29, 0.717) is 38.8 Å². The summed E-state index contributed by atoms with van der Waals surface area (Å²) in [6, 6.07) is 0. The highest BCUT2D eigenvalue weighted by molar-refractivity contribution is 6.62. The largest absolute Gasteiger partial charge is 0.505 e. The van der Waals surface area contributed by atoms with Gasteiger partial charge in [-0.05, 0) is 45.7 Å². The van der Waals surface area contributed by atoms with Crippen molar-refractivity contribution in [3.8, 4) is 0 Å². The van der Waals surface area contributed by atoms with Crippen LogP contribution in [0.25, 0.3) is 0 Å². The van der Waals surface area contributed by atoms with E-state index in [9.17, 15) is 0 Å². The van der Waals surface area contributed by atoms with E-state index in [1.807, 2.05) is 13.8 Å². The lowest BCUT2D eigenvalue weighted by molar-refractivity contribution is 0.0529. The topological polar surface area (TPSA) is 79.7 Å². The van der Waals surface area contributed by atoms with E-state index in [2.05, 4.69) is 13.8 Å². The van der Waals surface area contributed by atoms with Crippen LogP contribution < -0.4 is 11.5 Å². The second-order valence-corrected chi connectivity index (χ2v) is 7.85. The maximum absolute atomic E-state index is 6.15. The Balaban J connectivity index is 4.72. The minimum Gasteiger partial charge on any atom is -0.374 e. The predicted molar refractivity (Wildman–Crippen MR) is 85.5 cm³/mol. The molecule has 20 heavy (non-hydrogen) atoms. The van der Waals surface area contributed by atoms with E-state index >= 15 is 0 Å². The van der Waals surface area contributed by atoms with Gasteiger partial charge in [-0.1, -0.05) is 20.3 Å². The van der Waals surface area contributed by atoms with Crippen LogP contribution in [0.15, 0.2) is 0 Å². The Morgan fingerprint density at radius 3 is 1.80 bits per heavy atom. The predicted octanol–water partition coefficient (Wildman–Crippen LogP) is 2.13. The first-order valence-electron chi connectivity index (χ1n) is 7.95. The van der Waals surface area contributed by atoms with Crippen LogP contribution in [-0.4, -0.2) is 41.7 Å². The first-order chi connectivity index (χ1) is 9.63. The summed E-state index contributed by atoms with van der Waals surface area (Å²) < 4.78 is 18.0.